The van der Waals surface area contributed by atoms with Crippen LogP contribution in [0, 0.1) is 11.7 Å². The van der Waals surface area contributed by atoms with Crippen molar-refractivity contribution in [3.05, 3.63) is 29.6 Å². The van der Waals surface area contributed by atoms with E-state index < -0.39 is 0 Å². The van der Waals surface area contributed by atoms with E-state index in [0.717, 1.165) is 19.5 Å². The number of nitrogens with zero attached hydrogens (tertiary/aromatic N) is 2. The summed E-state index contributed by atoms with van der Waals surface area (Å²) < 4.78 is 14.2. The van der Waals surface area contributed by atoms with E-state index in [0.29, 0.717) is 49.8 Å². The molecular weight excluding hydrogens is 380 g/mol. The van der Waals surface area contributed by atoms with Crippen LogP contribution in [-0.2, 0) is 4.79 Å². The summed E-state index contributed by atoms with van der Waals surface area (Å²) in [7, 11) is 0. The van der Waals surface area contributed by atoms with Crippen molar-refractivity contribution in [1.29, 1.82) is 0 Å². The van der Waals surface area contributed by atoms with Gasteiger partial charge >= 0.3 is 0 Å². The summed E-state index contributed by atoms with van der Waals surface area (Å²) in [6, 6.07) is 4.61. The maximum atomic E-state index is 14.2. The lowest BCUT2D eigenvalue weighted by Crippen LogP contribution is -2.49. The van der Waals surface area contributed by atoms with Gasteiger partial charge in [0.05, 0.1) is 5.69 Å². The number of carbonyl (C=O) groups is 2. The molecule has 1 aromatic rings. The molecule has 3 rings (SSSR count). The minimum Gasteiger partial charge on any atom is -0.366 e. The topological polar surface area (TPSA) is 52.7 Å². The molecule has 0 aliphatic carbocycles. The van der Waals surface area contributed by atoms with Gasteiger partial charge in [0.25, 0.3) is 0 Å². The predicted octanol–water partition coefficient (Wildman–Crippen LogP) is 2.52. The first-order chi connectivity index (χ1) is 11.5. The maximum absolute atomic E-state index is 14.2. The van der Waals surface area contributed by atoms with Gasteiger partial charge < -0.3 is 15.1 Å². The van der Waals surface area contributed by atoms with Crippen LogP contribution >= 0.6 is 24.8 Å². The molecule has 26 heavy (non-hydrogen) atoms. The number of piperazine rings is 1. The van der Waals surface area contributed by atoms with Crippen LogP contribution in [-0.4, -0.2) is 55.9 Å². The van der Waals surface area contributed by atoms with Crippen molar-refractivity contribution >= 4 is 42.2 Å². The van der Waals surface area contributed by atoms with E-state index in [1.54, 1.807) is 12.1 Å². The Hall–Kier alpha value is -1.37. The molecule has 0 radical (unpaired) electrons. The van der Waals surface area contributed by atoms with Crippen LogP contribution in [0.1, 0.15) is 30.1 Å². The first-order valence-electron chi connectivity index (χ1n) is 8.58. The van der Waals surface area contributed by atoms with Crippen LogP contribution in [0.25, 0.3) is 0 Å². The van der Waals surface area contributed by atoms with E-state index in [1.165, 1.54) is 13.0 Å². The molecule has 1 atom stereocenters. The number of anilines is 1. The van der Waals surface area contributed by atoms with Gasteiger partial charge in [-0.2, -0.15) is 0 Å². The van der Waals surface area contributed by atoms with Gasteiger partial charge in [-0.3, -0.25) is 9.59 Å². The molecule has 0 saturated carbocycles. The molecular formula is C18H26Cl2FN3O2. The van der Waals surface area contributed by atoms with Gasteiger partial charge in [-0.1, -0.05) is 0 Å². The fourth-order valence-electron chi connectivity index (χ4n) is 3.44. The molecule has 2 heterocycles. The van der Waals surface area contributed by atoms with Crippen LogP contribution in [0.2, 0.25) is 0 Å². The molecule has 2 saturated heterocycles. The number of benzene rings is 1. The normalized spacial score (nSPS) is 19.5. The smallest absolute Gasteiger partial charge is 0.223 e. The summed E-state index contributed by atoms with van der Waals surface area (Å²) >= 11 is 0. The number of ketones is 1. The Kier molecular flexibility index (Phi) is 8.80. The van der Waals surface area contributed by atoms with E-state index in [9.17, 15) is 14.0 Å². The monoisotopic (exact) mass is 405 g/mol. The largest absolute Gasteiger partial charge is 0.366 e. The first-order valence-corrected chi connectivity index (χ1v) is 8.58. The number of amides is 1. The summed E-state index contributed by atoms with van der Waals surface area (Å²) in [4.78, 5) is 27.5. The molecule has 2 aliphatic heterocycles. The Morgan fingerprint density at radius 1 is 1.19 bits per heavy atom. The molecule has 8 heteroatoms. The van der Waals surface area contributed by atoms with Crippen molar-refractivity contribution in [1.82, 2.24) is 10.2 Å². The van der Waals surface area contributed by atoms with Gasteiger partial charge in [-0.25, -0.2) is 4.39 Å². The van der Waals surface area contributed by atoms with Crippen LogP contribution in [0.3, 0.4) is 0 Å². The Balaban J connectivity index is 0.00000169. The lowest BCUT2D eigenvalue weighted by atomic mass is 10.0. The molecule has 1 N–H and O–H groups in total. The second-order valence-corrected chi connectivity index (χ2v) is 6.65. The molecule has 0 spiro atoms. The highest BCUT2D eigenvalue weighted by molar-refractivity contribution is 5.94. The maximum Gasteiger partial charge on any atom is 0.223 e. The molecule has 2 aliphatic rings. The zero-order valence-electron chi connectivity index (χ0n) is 14.9. The standard InChI is InChI=1S/C18H24FN3O2.2ClH/c1-13(23)15-2-3-17(16(19)11-15)21-6-8-22(9-7-21)18(24)10-14-4-5-20-12-14;;/h2-3,11,14,20H,4-10,12H2,1H3;2*1H/t14-;;/m0../s1. The van der Waals surface area contributed by atoms with Gasteiger partial charge in [0.2, 0.25) is 5.91 Å². The van der Waals surface area contributed by atoms with Crippen molar-refractivity contribution in [2.24, 2.45) is 5.92 Å². The van der Waals surface area contributed by atoms with Crippen molar-refractivity contribution in [2.45, 2.75) is 19.8 Å². The van der Waals surface area contributed by atoms with Crippen molar-refractivity contribution in [2.75, 3.05) is 44.2 Å². The number of Topliss-reactive ketones (excluding diaryl/α,β-unsaturated/α-hetero) is 1. The summed E-state index contributed by atoms with van der Waals surface area (Å²) in [6.45, 7) is 5.83. The predicted molar refractivity (Wildman–Crippen MR) is 105 cm³/mol. The average molecular weight is 406 g/mol. The number of hydrogen-bond donors (Lipinski definition) is 1. The van der Waals surface area contributed by atoms with Crippen LogP contribution in [0.15, 0.2) is 18.2 Å². The number of nitrogens with one attached hydrogen (secondary N) is 1. The van der Waals surface area contributed by atoms with Crippen molar-refractivity contribution < 1.29 is 14.0 Å². The van der Waals surface area contributed by atoms with Gasteiger partial charge in [0.15, 0.2) is 5.78 Å². The lowest BCUT2D eigenvalue weighted by molar-refractivity contribution is -0.132. The number of rotatable bonds is 4. The Morgan fingerprint density at radius 3 is 2.42 bits per heavy atom. The number of halogens is 3. The SMILES string of the molecule is CC(=O)c1ccc(N2CCN(C(=O)C[C@@H]3CCNC3)CC2)c(F)c1.Cl.Cl. The van der Waals surface area contributed by atoms with Crippen LogP contribution in [0.5, 0.6) is 0 Å². The summed E-state index contributed by atoms with van der Waals surface area (Å²) in [5.41, 5.74) is 0.891. The fourth-order valence-corrected chi connectivity index (χ4v) is 3.44. The van der Waals surface area contributed by atoms with Gasteiger partial charge in [-0.05, 0) is 50.6 Å². The highest BCUT2D eigenvalue weighted by Crippen LogP contribution is 2.23. The molecule has 1 aromatic carbocycles. The van der Waals surface area contributed by atoms with Gasteiger partial charge in [0, 0.05) is 38.2 Å². The zero-order chi connectivity index (χ0) is 17.1. The second-order valence-electron chi connectivity index (χ2n) is 6.65. The molecule has 0 aromatic heterocycles. The Labute approximate surface area is 166 Å². The van der Waals surface area contributed by atoms with Crippen molar-refractivity contribution in [3.8, 4) is 0 Å². The van der Waals surface area contributed by atoms with Crippen molar-refractivity contribution in [3.63, 3.8) is 0 Å². The van der Waals surface area contributed by atoms with E-state index in [-0.39, 0.29) is 42.3 Å². The molecule has 146 valence electrons. The van der Waals surface area contributed by atoms with E-state index >= 15 is 0 Å². The third-order valence-corrected chi connectivity index (χ3v) is 4.95. The summed E-state index contributed by atoms with van der Waals surface area (Å²) in [5, 5.41) is 3.28. The second kappa shape index (κ2) is 10.1. The molecule has 5 nitrogen and oxygen atoms in total. The van der Waals surface area contributed by atoms with Crippen LogP contribution < -0.4 is 10.2 Å². The van der Waals surface area contributed by atoms with Crippen LogP contribution in [0.4, 0.5) is 10.1 Å². The minimum absolute atomic E-state index is 0. The first kappa shape index (κ1) is 22.7. The van der Waals surface area contributed by atoms with Gasteiger partial charge in [-0.15, -0.1) is 24.8 Å². The van der Waals surface area contributed by atoms with E-state index in [1.807, 2.05) is 9.80 Å². The third kappa shape index (κ3) is 5.32. The van der Waals surface area contributed by atoms with Gasteiger partial charge in [0.1, 0.15) is 5.82 Å². The highest BCUT2D eigenvalue weighted by Gasteiger charge is 2.26. The lowest BCUT2D eigenvalue weighted by Gasteiger charge is -2.36. The van der Waals surface area contributed by atoms with E-state index in [2.05, 4.69) is 5.32 Å². The number of hydrogen-bond acceptors (Lipinski definition) is 4. The minimum atomic E-state index is -0.375. The number of carbonyl (C=O) groups excluding carboxylic acids is 2. The Bertz CT molecular complexity index is 631. The summed E-state index contributed by atoms with van der Waals surface area (Å²) in [5.74, 6) is 0.139. The molecule has 0 bridgehead atoms. The highest BCUT2D eigenvalue weighted by atomic mass is 35.5. The summed E-state index contributed by atoms with van der Waals surface area (Å²) in [6.07, 6.45) is 1.67. The zero-order valence-corrected chi connectivity index (χ0v) is 16.5. The molecule has 2 fully saturated rings. The average Bonchev–Trinajstić information content (AvgIpc) is 3.08. The Morgan fingerprint density at radius 2 is 1.88 bits per heavy atom. The quantitative estimate of drug-likeness (QED) is 0.781. The molecule has 0 unspecified atom stereocenters. The van der Waals surface area contributed by atoms with E-state index in [4.69, 9.17) is 0 Å². The molecule has 1 amide bonds. The fraction of sp³-hybridized carbons (Fsp3) is 0.556. The third-order valence-electron chi connectivity index (χ3n) is 4.95.